The molecule has 1 N–H and O–H groups in total. The number of benzene rings is 3. The lowest BCUT2D eigenvalue weighted by atomic mass is 9.94. The van der Waals surface area contributed by atoms with Gasteiger partial charge in [-0.3, -0.25) is 14.5 Å². The fourth-order valence-electron chi connectivity index (χ4n) is 5.06. The number of carbonyl (C=O) groups excluding carboxylic acids is 2. The molecule has 39 heavy (non-hydrogen) atoms. The summed E-state index contributed by atoms with van der Waals surface area (Å²) in [6, 6.07) is 20.6. The number of nitrogens with zero attached hydrogens (tertiary/aromatic N) is 2. The van der Waals surface area contributed by atoms with Crippen molar-refractivity contribution in [1.29, 1.82) is 0 Å². The normalized spacial score (nSPS) is 15.2. The SMILES string of the molecule is CCN(CC)c1ccc(N2C(=O)C(O)=C(C(=O)c3cc4cccc(OC)c4o3)C2c2ccc(OC)cc2)cc1. The highest BCUT2D eigenvalue weighted by Gasteiger charge is 2.45. The maximum absolute atomic E-state index is 13.9. The summed E-state index contributed by atoms with van der Waals surface area (Å²) in [7, 11) is 3.08. The Balaban J connectivity index is 1.61. The molecule has 200 valence electrons. The standard InChI is InChI=1S/C31H30N2O6/c1-5-32(6-2)21-12-14-22(15-13-21)33-27(19-10-16-23(37-3)17-11-19)26(29(35)31(33)36)28(34)25-18-20-8-7-9-24(38-4)30(20)39-25/h7-18,27,35H,5-6H2,1-4H3. The zero-order valence-corrected chi connectivity index (χ0v) is 22.3. The van der Waals surface area contributed by atoms with Gasteiger partial charge in [-0.15, -0.1) is 0 Å². The van der Waals surface area contributed by atoms with E-state index >= 15 is 0 Å². The van der Waals surface area contributed by atoms with E-state index in [1.807, 2.05) is 24.3 Å². The first-order valence-electron chi connectivity index (χ1n) is 12.8. The number of rotatable bonds is 9. The third-order valence-electron chi connectivity index (χ3n) is 7.09. The van der Waals surface area contributed by atoms with Crippen LogP contribution in [0.25, 0.3) is 11.0 Å². The van der Waals surface area contributed by atoms with E-state index in [4.69, 9.17) is 13.9 Å². The second kappa shape index (κ2) is 10.6. The molecule has 0 radical (unpaired) electrons. The van der Waals surface area contributed by atoms with Crippen molar-refractivity contribution in [3.8, 4) is 11.5 Å². The topological polar surface area (TPSA) is 92.5 Å². The molecule has 0 aliphatic carbocycles. The van der Waals surface area contributed by atoms with E-state index in [2.05, 4.69) is 18.7 Å². The van der Waals surface area contributed by atoms with Crippen LogP contribution in [0, 0.1) is 0 Å². The minimum absolute atomic E-state index is 0.00101. The number of hydrogen-bond acceptors (Lipinski definition) is 7. The van der Waals surface area contributed by atoms with Crippen LogP contribution >= 0.6 is 0 Å². The number of ketones is 1. The Morgan fingerprint density at radius 1 is 0.974 bits per heavy atom. The van der Waals surface area contributed by atoms with Crippen LogP contribution in [0.3, 0.4) is 0 Å². The average Bonchev–Trinajstić information content (AvgIpc) is 3.53. The van der Waals surface area contributed by atoms with Crippen molar-refractivity contribution in [3.05, 3.63) is 95.5 Å². The molecule has 3 aromatic carbocycles. The van der Waals surface area contributed by atoms with Gasteiger partial charge in [-0.2, -0.15) is 0 Å². The van der Waals surface area contributed by atoms with Crippen LogP contribution < -0.4 is 19.3 Å². The third kappa shape index (κ3) is 4.48. The molecule has 4 aromatic rings. The Bertz CT molecular complexity index is 1550. The van der Waals surface area contributed by atoms with Gasteiger partial charge in [-0.25, -0.2) is 0 Å². The first-order chi connectivity index (χ1) is 18.9. The number of furan rings is 1. The summed E-state index contributed by atoms with van der Waals surface area (Å²) >= 11 is 0. The zero-order valence-electron chi connectivity index (χ0n) is 22.3. The molecule has 8 heteroatoms. The number of ether oxygens (including phenoxy) is 2. The molecular weight excluding hydrogens is 496 g/mol. The number of amides is 1. The van der Waals surface area contributed by atoms with Crippen LogP contribution in [-0.4, -0.2) is 44.1 Å². The molecule has 5 rings (SSSR count). The number of hydrogen-bond donors (Lipinski definition) is 1. The van der Waals surface area contributed by atoms with Crippen molar-refractivity contribution < 1.29 is 28.6 Å². The second-order valence-corrected chi connectivity index (χ2v) is 9.12. The lowest BCUT2D eigenvalue weighted by Gasteiger charge is -2.28. The summed E-state index contributed by atoms with van der Waals surface area (Å²) < 4.78 is 16.6. The van der Waals surface area contributed by atoms with Gasteiger partial charge in [0.05, 0.1) is 25.8 Å². The molecule has 0 spiro atoms. The van der Waals surface area contributed by atoms with Crippen LogP contribution in [0.2, 0.25) is 0 Å². The number of para-hydroxylation sites is 1. The number of fused-ring (bicyclic) bond motifs is 1. The van der Waals surface area contributed by atoms with E-state index in [1.165, 1.54) is 12.0 Å². The van der Waals surface area contributed by atoms with Gasteiger partial charge in [-0.05, 0) is 67.9 Å². The molecule has 1 amide bonds. The summed E-state index contributed by atoms with van der Waals surface area (Å²) in [5, 5.41) is 11.8. The molecule has 0 saturated carbocycles. The number of aliphatic hydroxyl groups is 1. The van der Waals surface area contributed by atoms with Crippen LogP contribution in [0.5, 0.6) is 11.5 Å². The molecule has 1 atom stereocenters. The Labute approximate surface area is 226 Å². The summed E-state index contributed by atoms with van der Waals surface area (Å²) in [6.45, 7) is 5.84. The summed E-state index contributed by atoms with van der Waals surface area (Å²) in [6.07, 6.45) is 0. The van der Waals surface area contributed by atoms with Gasteiger partial charge in [0, 0.05) is 29.9 Å². The highest BCUT2D eigenvalue weighted by molar-refractivity contribution is 6.20. The molecule has 1 aliphatic rings. The van der Waals surface area contributed by atoms with Crippen LogP contribution in [0.4, 0.5) is 11.4 Å². The van der Waals surface area contributed by atoms with E-state index in [1.54, 1.807) is 55.6 Å². The number of aliphatic hydroxyl groups excluding tert-OH is 1. The molecule has 0 fully saturated rings. The third-order valence-corrected chi connectivity index (χ3v) is 7.09. The Morgan fingerprint density at radius 3 is 2.28 bits per heavy atom. The van der Waals surface area contributed by atoms with Crippen molar-refractivity contribution in [2.45, 2.75) is 19.9 Å². The number of Topliss-reactive ketones (excluding diaryl/α,β-unsaturated/α-hetero) is 1. The van der Waals surface area contributed by atoms with Gasteiger partial charge in [0.15, 0.2) is 22.9 Å². The minimum atomic E-state index is -0.884. The Morgan fingerprint density at radius 2 is 1.67 bits per heavy atom. The quantitative estimate of drug-likeness (QED) is 0.264. The second-order valence-electron chi connectivity index (χ2n) is 9.12. The van der Waals surface area contributed by atoms with Crippen LogP contribution in [-0.2, 0) is 4.79 Å². The monoisotopic (exact) mass is 526 g/mol. The maximum atomic E-state index is 13.9. The molecular formula is C31H30N2O6. The first kappa shape index (κ1) is 25.9. The Kier molecular flexibility index (Phi) is 7.02. The van der Waals surface area contributed by atoms with E-state index in [-0.39, 0.29) is 11.3 Å². The summed E-state index contributed by atoms with van der Waals surface area (Å²) in [5.41, 5.74) is 2.56. The van der Waals surface area contributed by atoms with Crippen molar-refractivity contribution in [2.75, 3.05) is 37.1 Å². The minimum Gasteiger partial charge on any atom is -0.503 e. The van der Waals surface area contributed by atoms with E-state index in [9.17, 15) is 14.7 Å². The summed E-state index contributed by atoms with van der Waals surface area (Å²) in [5.74, 6) is -0.745. The maximum Gasteiger partial charge on any atom is 0.294 e. The molecule has 8 nitrogen and oxygen atoms in total. The van der Waals surface area contributed by atoms with Gasteiger partial charge in [0.1, 0.15) is 5.75 Å². The van der Waals surface area contributed by atoms with Gasteiger partial charge in [0.25, 0.3) is 5.91 Å². The smallest absolute Gasteiger partial charge is 0.294 e. The highest BCUT2D eigenvalue weighted by atomic mass is 16.5. The van der Waals surface area contributed by atoms with Gasteiger partial charge < -0.3 is 23.9 Å². The van der Waals surface area contributed by atoms with Gasteiger partial charge >= 0.3 is 0 Å². The lowest BCUT2D eigenvalue weighted by Crippen LogP contribution is -2.31. The number of anilines is 2. The van der Waals surface area contributed by atoms with Crippen LogP contribution in [0.1, 0.15) is 36.0 Å². The largest absolute Gasteiger partial charge is 0.503 e. The van der Waals surface area contributed by atoms with E-state index < -0.39 is 23.5 Å². The predicted molar refractivity (Wildman–Crippen MR) is 150 cm³/mol. The van der Waals surface area contributed by atoms with Gasteiger partial charge in [-0.1, -0.05) is 24.3 Å². The number of carbonyl (C=O) groups is 2. The highest BCUT2D eigenvalue weighted by Crippen LogP contribution is 2.43. The van der Waals surface area contributed by atoms with Crippen molar-refractivity contribution in [2.24, 2.45) is 0 Å². The fourth-order valence-corrected chi connectivity index (χ4v) is 5.06. The molecule has 1 aliphatic heterocycles. The zero-order chi connectivity index (χ0) is 27.7. The van der Waals surface area contributed by atoms with Crippen molar-refractivity contribution in [3.63, 3.8) is 0 Å². The van der Waals surface area contributed by atoms with E-state index in [0.29, 0.717) is 33.7 Å². The Hall–Kier alpha value is -4.72. The van der Waals surface area contributed by atoms with E-state index in [0.717, 1.165) is 18.8 Å². The lowest BCUT2D eigenvalue weighted by molar-refractivity contribution is -0.117. The van der Waals surface area contributed by atoms with Crippen molar-refractivity contribution >= 4 is 34.0 Å². The number of methoxy groups -OCH3 is 2. The molecule has 1 aromatic heterocycles. The fraction of sp³-hybridized carbons (Fsp3) is 0.226. The molecule has 0 bridgehead atoms. The van der Waals surface area contributed by atoms with Crippen LogP contribution in [0.15, 0.2) is 88.5 Å². The predicted octanol–water partition coefficient (Wildman–Crippen LogP) is 6.08. The molecule has 1 unspecified atom stereocenters. The molecule has 2 heterocycles. The average molecular weight is 527 g/mol. The first-order valence-corrected chi connectivity index (χ1v) is 12.8. The van der Waals surface area contributed by atoms with Gasteiger partial charge in [0.2, 0.25) is 5.78 Å². The molecule has 0 saturated heterocycles. The van der Waals surface area contributed by atoms with Crippen molar-refractivity contribution in [1.82, 2.24) is 0 Å². The summed E-state index contributed by atoms with van der Waals surface area (Å²) in [4.78, 5) is 31.1.